The summed E-state index contributed by atoms with van der Waals surface area (Å²) in [6.07, 6.45) is 7.78. The number of nitrogens with zero attached hydrogens (tertiary/aromatic N) is 6. The standard InChI is InChI=1S/C43H38N6O2/c50-30-47(36-23-24-36)37-20-12-13-31(27-37)41-38-28-32(22-25-39(38)49(45-41)40-21-10-11-26-51-40)42-44-29-48(46-42)43(33-14-4-1-5-15-33,34-16-6-2-7-17-34)35-18-8-3-9-19-35/h1-9,12-20,22,25,27-30,36,40H,10-11,21,23-24,26H2. The summed E-state index contributed by atoms with van der Waals surface area (Å²) in [5.74, 6) is 0.617. The van der Waals surface area contributed by atoms with E-state index in [9.17, 15) is 4.79 Å². The van der Waals surface area contributed by atoms with Crippen LogP contribution in [0.25, 0.3) is 33.5 Å². The highest BCUT2D eigenvalue weighted by molar-refractivity contribution is 5.96. The highest BCUT2D eigenvalue weighted by Gasteiger charge is 2.40. The second-order valence-corrected chi connectivity index (χ2v) is 13.5. The molecule has 0 N–H and O–H groups in total. The van der Waals surface area contributed by atoms with Gasteiger partial charge in [0.05, 0.1) is 5.52 Å². The monoisotopic (exact) mass is 670 g/mol. The molecule has 252 valence electrons. The van der Waals surface area contributed by atoms with Crippen LogP contribution in [0.1, 0.15) is 55.0 Å². The predicted molar refractivity (Wildman–Crippen MR) is 199 cm³/mol. The number of fused-ring (bicyclic) bond motifs is 1. The molecule has 0 radical (unpaired) electrons. The van der Waals surface area contributed by atoms with Gasteiger partial charge in [0, 0.05) is 34.8 Å². The smallest absolute Gasteiger partial charge is 0.214 e. The Balaban J connectivity index is 1.20. The van der Waals surface area contributed by atoms with Crippen molar-refractivity contribution in [1.82, 2.24) is 24.5 Å². The van der Waals surface area contributed by atoms with Gasteiger partial charge in [0.15, 0.2) is 12.1 Å². The maximum atomic E-state index is 12.1. The summed E-state index contributed by atoms with van der Waals surface area (Å²) in [6.45, 7) is 0.720. The van der Waals surface area contributed by atoms with Crippen molar-refractivity contribution in [1.29, 1.82) is 0 Å². The lowest BCUT2D eigenvalue weighted by Crippen LogP contribution is -2.38. The number of benzene rings is 5. The summed E-state index contributed by atoms with van der Waals surface area (Å²) in [5, 5.41) is 11.5. The van der Waals surface area contributed by atoms with Crippen LogP contribution in [0.15, 0.2) is 140 Å². The van der Waals surface area contributed by atoms with Crippen molar-refractivity contribution in [2.45, 2.75) is 49.9 Å². The van der Waals surface area contributed by atoms with Gasteiger partial charge in [-0.2, -0.15) is 5.10 Å². The lowest BCUT2D eigenvalue weighted by molar-refractivity contribution is -0.107. The minimum atomic E-state index is -0.764. The molecule has 2 aromatic heterocycles. The fourth-order valence-corrected chi connectivity index (χ4v) is 7.65. The SMILES string of the molecule is O=CN(c1cccc(-c2nn(C3CCCCO3)c3ccc(-c4ncn(C(c5ccccc5)(c5ccccc5)c5ccccc5)n4)cc23)c1)C1CC1. The van der Waals surface area contributed by atoms with Gasteiger partial charge in [-0.25, -0.2) is 14.3 Å². The number of amides is 1. The number of anilines is 1. The third-order valence-corrected chi connectivity index (χ3v) is 10.3. The molecule has 2 fully saturated rings. The first-order valence-electron chi connectivity index (χ1n) is 17.8. The summed E-state index contributed by atoms with van der Waals surface area (Å²) in [4.78, 5) is 18.9. The minimum absolute atomic E-state index is 0.137. The number of hydrogen-bond donors (Lipinski definition) is 0. The van der Waals surface area contributed by atoms with E-state index in [2.05, 4.69) is 103 Å². The second-order valence-electron chi connectivity index (χ2n) is 13.5. The molecule has 5 aromatic carbocycles. The van der Waals surface area contributed by atoms with E-state index in [1.54, 1.807) is 0 Å². The highest BCUT2D eigenvalue weighted by atomic mass is 16.5. The van der Waals surface area contributed by atoms with Gasteiger partial charge < -0.3 is 9.64 Å². The largest absolute Gasteiger partial charge is 0.356 e. The number of ether oxygens (including phenoxy) is 1. The molecule has 8 nitrogen and oxygen atoms in total. The van der Waals surface area contributed by atoms with Crippen LogP contribution < -0.4 is 4.90 Å². The highest BCUT2D eigenvalue weighted by Crippen LogP contribution is 2.41. The maximum Gasteiger partial charge on any atom is 0.214 e. The average Bonchev–Trinajstić information content (AvgIpc) is 3.78. The van der Waals surface area contributed by atoms with Crippen LogP contribution in [0, 0.1) is 0 Å². The van der Waals surface area contributed by atoms with Crippen molar-refractivity contribution in [2.75, 3.05) is 11.5 Å². The Morgan fingerprint density at radius 3 is 2.00 bits per heavy atom. The van der Waals surface area contributed by atoms with Crippen LogP contribution in [0.3, 0.4) is 0 Å². The minimum Gasteiger partial charge on any atom is -0.356 e. The van der Waals surface area contributed by atoms with Crippen LogP contribution in [-0.2, 0) is 15.1 Å². The van der Waals surface area contributed by atoms with Crippen LogP contribution >= 0.6 is 0 Å². The summed E-state index contributed by atoms with van der Waals surface area (Å²) >= 11 is 0. The van der Waals surface area contributed by atoms with Crippen molar-refractivity contribution in [2.24, 2.45) is 0 Å². The predicted octanol–water partition coefficient (Wildman–Crippen LogP) is 8.63. The Labute approximate surface area is 297 Å². The number of rotatable bonds is 10. The zero-order chi connectivity index (χ0) is 34.2. The molecule has 1 amide bonds. The zero-order valence-electron chi connectivity index (χ0n) is 28.3. The van der Waals surface area contributed by atoms with E-state index in [0.29, 0.717) is 5.82 Å². The zero-order valence-corrected chi connectivity index (χ0v) is 28.3. The Kier molecular flexibility index (Phi) is 8.01. The average molecular weight is 671 g/mol. The van der Waals surface area contributed by atoms with Crippen molar-refractivity contribution < 1.29 is 9.53 Å². The molecule has 7 aromatic rings. The maximum absolute atomic E-state index is 12.1. The Hall–Kier alpha value is -5.86. The number of carbonyl (C=O) groups is 1. The molecule has 8 heteroatoms. The van der Waals surface area contributed by atoms with Gasteiger partial charge in [0.1, 0.15) is 17.6 Å². The van der Waals surface area contributed by atoms with Crippen LogP contribution in [0.5, 0.6) is 0 Å². The molecule has 1 saturated carbocycles. The Morgan fingerprint density at radius 2 is 1.39 bits per heavy atom. The molecule has 1 atom stereocenters. The summed E-state index contributed by atoms with van der Waals surface area (Å²) < 4.78 is 10.3. The molecule has 9 rings (SSSR count). The molecule has 3 heterocycles. The molecule has 2 aliphatic rings. The Morgan fingerprint density at radius 1 is 0.706 bits per heavy atom. The van der Waals surface area contributed by atoms with Crippen LogP contribution in [-0.4, -0.2) is 43.6 Å². The summed E-state index contributed by atoms with van der Waals surface area (Å²) in [7, 11) is 0. The van der Waals surface area contributed by atoms with Crippen LogP contribution in [0.2, 0.25) is 0 Å². The molecular weight excluding hydrogens is 633 g/mol. The van der Waals surface area contributed by atoms with E-state index in [1.165, 1.54) is 0 Å². The van der Waals surface area contributed by atoms with E-state index < -0.39 is 5.54 Å². The number of aromatic nitrogens is 5. The van der Waals surface area contributed by atoms with Gasteiger partial charge in [-0.1, -0.05) is 103 Å². The van der Waals surface area contributed by atoms with E-state index in [-0.39, 0.29) is 12.3 Å². The third-order valence-electron chi connectivity index (χ3n) is 10.3. The topological polar surface area (TPSA) is 78.1 Å². The first kappa shape index (κ1) is 31.1. The molecule has 1 unspecified atom stereocenters. The van der Waals surface area contributed by atoms with Gasteiger partial charge in [-0.05, 0) is 79.1 Å². The Bertz CT molecular complexity index is 2190. The summed E-state index contributed by atoms with van der Waals surface area (Å²) in [6, 6.07) is 46.3. The van der Waals surface area contributed by atoms with E-state index >= 15 is 0 Å². The van der Waals surface area contributed by atoms with Crippen molar-refractivity contribution >= 4 is 23.0 Å². The van der Waals surface area contributed by atoms with Gasteiger partial charge in [-0.3, -0.25) is 4.79 Å². The van der Waals surface area contributed by atoms with Gasteiger partial charge >= 0.3 is 0 Å². The van der Waals surface area contributed by atoms with Gasteiger partial charge in [0.25, 0.3) is 0 Å². The molecule has 1 aliphatic carbocycles. The summed E-state index contributed by atoms with van der Waals surface area (Å²) in [5.41, 5.74) is 7.05. The van der Waals surface area contributed by atoms with Crippen molar-refractivity contribution in [3.05, 3.63) is 156 Å². The van der Waals surface area contributed by atoms with Gasteiger partial charge in [0.2, 0.25) is 6.41 Å². The van der Waals surface area contributed by atoms with E-state index in [0.717, 1.165) is 95.2 Å². The normalized spacial score (nSPS) is 16.3. The quantitative estimate of drug-likeness (QED) is 0.108. The number of carbonyl (C=O) groups excluding carboxylic acids is 1. The van der Waals surface area contributed by atoms with Crippen molar-refractivity contribution in [3.63, 3.8) is 0 Å². The molecule has 0 spiro atoms. The molecule has 1 saturated heterocycles. The first-order valence-corrected chi connectivity index (χ1v) is 17.8. The molecular formula is C43H38N6O2. The van der Waals surface area contributed by atoms with E-state index in [1.807, 2.05) is 50.9 Å². The lowest BCUT2D eigenvalue weighted by atomic mass is 9.77. The van der Waals surface area contributed by atoms with Crippen LogP contribution in [0.4, 0.5) is 5.69 Å². The fourth-order valence-electron chi connectivity index (χ4n) is 7.65. The lowest BCUT2D eigenvalue weighted by Gasteiger charge is -2.35. The third kappa shape index (κ3) is 5.52. The second kappa shape index (κ2) is 13.1. The first-order chi connectivity index (χ1) is 25.2. The molecule has 51 heavy (non-hydrogen) atoms. The molecule has 1 aliphatic heterocycles. The number of hydrogen-bond acceptors (Lipinski definition) is 5. The van der Waals surface area contributed by atoms with Crippen molar-refractivity contribution in [3.8, 4) is 22.6 Å². The van der Waals surface area contributed by atoms with Gasteiger partial charge in [-0.15, -0.1) is 5.10 Å². The molecule has 0 bridgehead atoms. The van der Waals surface area contributed by atoms with E-state index in [4.69, 9.17) is 19.9 Å². The fraction of sp³-hybridized carbons (Fsp3) is 0.209.